The van der Waals surface area contributed by atoms with Crippen LogP contribution in [0, 0.1) is 11.3 Å². The third-order valence-electron chi connectivity index (χ3n) is 2.83. The van der Waals surface area contributed by atoms with Gasteiger partial charge in [0.1, 0.15) is 5.54 Å². The van der Waals surface area contributed by atoms with Crippen molar-refractivity contribution in [1.29, 1.82) is 5.26 Å². The van der Waals surface area contributed by atoms with Crippen LogP contribution in [0.25, 0.3) is 0 Å². The molecule has 0 aliphatic rings. The van der Waals surface area contributed by atoms with Crippen molar-refractivity contribution in [3.05, 3.63) is 0 Å². The highest BCUT2D eigenvalue weighted by atomic mass is 19.4. The van der Waals surface area contributed by atoms with Crippen LogP contribution in [0.2, 0.25) is 0 Å². The Kier molecular flexibility index (Phi) is 5.80. The van der Waals surface area contributed by atoms with Crippen LogP contribution in [-0.4, -0.2) is 29.7 Å². The number of hydrogen-bond acceptors (Lipinski definition) is 2. The lowest BCUT2D eigenvalue weighted by molar-refractivity contribution is -0.136. The third-order valence-corrected chi connectivity index (χ3v) is 2.83. The molecule has 0 saturated heterocycles. The minimum atomic E-state index is -4.13. The lowest BCUT2D eigenvalue weighted by Gasteiger charge is -2.34. The van der Waals surface area contributed by atoms with E-state index in [2.05, 4.69) is 6.07 Å². The Morgan fingerprint density at radius 1 is 1.12 bits per heavy atom. The first-order valence-corrected chi connectivity index (χ1v) is 5.52. The summed E-state index contributed by atoms with van der Waals surface area (Å²) in [5.41, 5.74) is -0.783. The van der Waals surface area contributed by atoms with Crippen molar-refractivity contribution < 1.29 is 13.2 Å². The molecule has 2 nitrogen and oxygen atoms in total. The lowest BCUT2D eigenvalue weighted by Crippen LogP contribution is -2.45. The summed E-state index contributed by atoms with van der Waals surface area (Å²) in [4.78, 5) is 1.89. The molecule has 0 aromatic heterocycles. The number of hydrogen-bond donors (Lipinski definition) is 0. The second-order valence-corrected chi connectivity index (χ2v) is 4.03. The Labute approximate surface area is 95.0 Å². The van der Waals surface area contributed by atoms with Gasteiger partial charge in [-0.2, -0.15) is 18.4 Å². The maximum atomic E-state index is 12.0. The average Bonchev–Trinajstić information content (AvgIpc) is 2.17. The van der Waals surface area contributed by atoms with Crippen LogP contribution in [0.5, 0.6) is 0 Å². The van der Waals surface area contributed by atoms with Crippen LogP contribution in [-0.2, 0) is 0 Å². The molecule has 0 aliphatic heterocycles. The predicted octanol–water partition coefficient (Wildman–Crippen LogP) is 3.34. The molecule has 0 fully saturated rings. The van der Waals surface area contributed by atoms with Gasteiger partial charge in [-0.25, -0.2) is 0 Å². The molecule has 0 aromatic carbocycles. The quantitative estimate of drug-likeness (QED) is 0.707. The highest BCUT2D eigenvalue weighted by Crippen LogP contribution is 2.27. The molecule has 1 unspecified atom stereocenters. The Bertz CT molecular complexity index is 241. The highest BCUT2D eigenvalue weighted by Gasteiger charge is 2.32. The molecule has 0 bridgehead atoms. The monoisotopic (exact) mass is 236 g/mol. The molecule has 0 radical (unpaired) electrons. The number of halogens is 3. The van der Waals surface area contributed by atoms with Gasteiger partial charge in [0.05, 0.1) is 6.07 Å². The van der Waals surface area contributed by atoms with Gasteiger partial charge in [-0.15, -0.1) is 0 Å². The summed E-state index contributed by atoms with van der Waals surface area (Å²) in [6.45, 7) is 6.86. The summed E-state index contributed by atoms with van der Waals surface area (Å²) in [6, 6.07) is 2.13. The van der Waals surface area contributed by atoms with E-state index in [1.807, 2.05) is 18.7 Å². The molecule has 0 spiro atoms. The van der Waals surface area contributed by atoms with Crippen LogP contribution in [0.1, 0.15) is 40.0 Å². The summed E-state index contributed by atoms with van der Waals surface area (Å²) < 4.78 is 36.0. The topological polar surface area (TPSA) is 27.0 Å². The van der Waals surface area contributed by atoms with Gasteiger partial charge < -0.3 is 0 Å². The van der Waals surface area contributed by atoms with Crippen molar-refractivity contribution in [3.63, 3.8) is 0 Å². The second kappa shape index (κ2) is 6.09. The Morgan fingerprint density at radius 3 is 1.94 bits per heavy atom. The van der Waals surface area contributed by atoms with Gasteiger partial charge in [0.2, 0.25) is 0 Å². The molecule has 1 atom stereocenters. The third kappa shape index (κ3) is 4.84. The molecule has 0 aromatic rings. The van der Waals surface area contributed by atoms with Crippen molar-refractivity contribution >= 4 is 0 Å². The van der Waals surface area contributed by atoms with E-state index in [0.717, 1.165) is 0 Å². The Hall–Kier alpha value is -0.760. The largest absolute Gasteiger partial charge is 0.389 e. The molecule has 0 amide bonds. The molecule has 0 rings (SSSR count). The van der Waals surface area contributed by atoms with Crippen LogP contribution in [0.4, 0.5) is 13.2 Å². The van der Waals surface area contributed by atoms with Crippen molar-refractivity contribution in [2.45, 2.75) is 51.7 Å². The molecule has 0 N–H and O–H groups in total. The summed E-state index contributed by atoms with van der Waals surface area (Å²) in [6.07, 6.45) is -4.68. The fourth-order valence-electron chi connectivity index (χ4n) is 1.84. The molecule has 16 heavy (non-hydrogen) atoms. The van der Waals surface area contributed by atoms with E-state index in [0.29, 0.717) is 13.1 Å². The van der Waals surface area contributed by atoms with E-state index < -0.39 is 18.1 Å². The van der Waals surface area contributed by atoms with Gasteiger partial charge in [0.25, 0.3) is 0 Å². The Morgan fingerprint density at radius 2 is 1.62 bits per heavy atom. The summed E-state index contributed by atoms with van der Waals surface area (Å²) in [7, 11) is 0. The van der Waals surface area contributed by atoms with E-state index in [-0.39, 0.29) is 12.8 Å². The van der Waals surface area contributed by atoms with E-state index in [9.17, 15) is 13.2 Å². The second-order valence-electron chi connectivity index (χ2n) is 4.03. The number of rotatable bonds is 6. The van der Waals surface area contributed by atoms with Crippen LogP contribution in [0.15, 0.2) is 0 Å². The summed E-state index contributed by atoms with van der Waals surface area (Å²) in [5.74, 6) is 0. The van der Waals surface area contributed by atoms with E-state index in [1.165, 1.54) is 0 Å². The van der Waals surface area contributed by atoms with Gasteiger partial charge in [-0.1, -0.05) is 13.8 Å². The first-order valence-electron chi connectivity index (χ1n) is 5.52. The van der Waals surface area contributed by atoms with Crippen molar-refractivity contribution in [2.24, 2.45) is 0 Å². The minimum absolute atomic E-state index is 0.00403. The van der Waals surface area contributed by atoms with E-state index in [4.69, 9.17) is 5.26 Å². The minimum Gasteiger partial charge on any atom is -0.286 e. The zero-order chi connectivity index (χ0) is 12.8. The zero-order valence-electron chi connectivity index (χ0n) is 10.1. The summed E-state index contributed by atoms with van der Waals surface area (Å²) in [5, 5.41) is 9.07. The van der Waals surface area contributed by atoms with Gasteiger partial charge in [-0.05, 0) is 32.9 Å². The smallest absolute Gasteiger partial charge is 0.286 e. The SMILES string of the molecule is CCN(CC)C(C)(C#N)CCCC(F)(F)F. The van der Waals surface area contributed by atoms with Crippen LogP contribution < -0.4 is 0 Å². The Balaban J connectivity index is 4.34. The molecule has 0 saturated carbocycles. The van der Waals surface area contributed by atoms with Crippen molar-refractivity contribution in [2.75, 3.05) is 13.1 Å². The molecular formula is C11H19F3N2. The molecular weight excluding hydrogens is 217 g/mol. The van der Waals surface area contributed by atoms with Gasteiger partial charge in [-0.3, -0.25) is 4.90 Å². The van der Waals surface area contributed by atoms with Crippen LogP contribution in [0.3, 0.4) is 0 Å². The molecule has 94 valence electrons. The maximum Gasteiger partial charge on any atom is 0.389 e. The molecule has 5 heteroatoms. The van der Waals surface area contributed by atoms with E-state index >= 15 is 0 Å². The van der Waals surface area contributed by atoms with Crippen LogP contribution >= 0.6 is 0 Å². The fourth-order valence-corrected chi connectivity index (χ4v) is 1.84. The van der Waals surface area contributed by atoms with Crippen molar-refractivity contribution in [3.8, 4) is 6.07 Å². The number of alkyl halides is 3. The maximum absolute atomic E-state index is 12.0. The fraction of sp³-hybridized carbons (Fsp3) is 0.909. The van der Waals surface area contributed by atoms with Gasteiger partial charge in [0, 0.05) is 6.42 Å². The van der Waals surface area contributed by atoms with E-state index in [1.54, 1.807) is 6.92 Å². The summed E-state index contributed by atoms with van der Waals surface area (Å²) >= 11 is 0. The van der Waals surface area contributed by atoms with Crippen molar-refractivity contribution in [1.82, 2.24) is 4.90 Å². The number of nitriles is 1. The molecule has 0 aliphatic carbocycles. The van der Waals surface area contributed by atoms with Gasteiger partial charge in [0.15, 0.2) is 0 Å². The zero-order valence-corrected chi connectivity index (χ0v) is 10.1. The van der Waals surface area contributed by atoms with Gasteiger partial charge >= 0.3 is 6.18 Å². The predicted molar refractivity (Wildman–Crippen MR) is 56.8 cm³/mol. The first-order chi connectivity index (χ1) is 7.29. The lowest BCUT2D eigenvalue weighted by atomic mass is 9.94. The highest BCUT2D eigenvalue weighted by molar-refractivity contribution is 5.04. The standard InChI is InChI=1S/C11H19F3N2/c1-4-16(5-2)10(3,9-15)7-6-8-11(12,13)14/h4-8H2,1-3H3. The first kappa shape index (κ1) is 15.2. The molecule has 0 heterocycles. The average molecular weight is 236 g/mol. The normalized spacial score (nSPS) is 15.9. The number of nitrogens with zero attached hydrogens (tertiary/aromatic N) is 2.